The lowest BCUT2D eigenvalue weighted by Crippen LogP contribution is -2.52. The molecule has 0 bridgehead atoms. The molecular weight excluding hydrogens is 463 g/mol. The van der Waals surface area contributed by atoms with Crippen LogP contribution in [-0.4, -0.2) is 41.0 Å². The van der Waals surface area contributed by atoms with Crippen molar-refractivity contribution >= 4 is 69.0 Å². The van der Waals surface area contributed by atoms with Crippen molar-refractivity contribution in [1.82, 2.24) is 5.32 Å². The Kier molecular flexibility index (Phi) is 9.08. The first-order chi connectivity index (χ1) is 13.2. The quantitative estimate of drug-likeness (QED) is 0.329. The summed E-state index contributed by atoms with van der Waals surface area (Å²) >= 11 is 19.1. The molecule has 1 amide bonds. The van der Waals surface area contributed by atoms with E-state index in [-0.39, 0.29) is 34.6 Å². The molecule has 1 rings (SSSR count). The van der Waals surface area contributed by atoms with Gasteiger partial charge in [0.1, 0.15) is 16.0 Å². The first kappa shape index (κ1) is 25.8. The number of halogens is 3. The molecule has 7 nitrogen and oxygen atoms in total. The van der Waals surface area contributed by atoms with Gasteiger partial charge in [0, 0.05) is 5.41 Å². The van der Waals surface area contributed by atoms with Crippen LogP contribution >= 0.6 is 46.1 Å². The summed E-state index contributed by atoms with van der Waals surface area (Å²) in [7, 11) is 0. The third-order valence-electron chi connectivity index (χ3n) is 3.65. The van der Waals surface area contributed by atoms with E-state index in [9.17, 15) is 14.4 Å². The first-order valence-corrected chi connectivity index (χ1v) is 10.8. The van der Waals surface area contributed by atoms with Crippen LogP contribution < -0.4 is 10.6 Å². The highest BCUT2D eigenvalue weighted by atomic mass is 35.6. The zero-order chi connectivity index (χ0) is 22.6. The van der Waals surface area contributed by atoms with Gasteiger partial charge in [-0.05, 0) is 26.3 Å². The van der Waals surface area contributed by atoms with Crippen LogP contribution in [0.5, 0.6) is 0 Å². The molecule has 1 heterocycles. The average molecular weight is 488 g/mol. The largest absolute Gasteiger partial charge is 0.462 e. The lowest BCUT2D eigenvalue weighted by Gasteiger charge is -2.30. The fraction of sp³-hybridized carbons (Fsp3) is 0.611. The molecule has 0 radical (unpaired) electrons. The predicted octanol–water partition coefficient (Wildman–Crippen LogP) is 4.68. The number of carbonyl (C=O) groups is 3. The molecule has 0 aliphatic rings. The van der Waals surface area contributed by atoms with Crippen molar-refractivity contribution in [2.45, 2.75) is 51.5 Å². The minimum absolute atomic E-state index is 0.115. The molecule has 0 fully saturated rings. The first-order valence-electron chi connectivity index (χ1n) is 8.85. The summed E-state index contributed by atoms with van der Waals surface area (Å²) < 4.78 is 8.19. The monoisotopic (exact) mass is 486 g/mol. The number of hydrogen-bond acceptors (Lipinski definition) is 7. The fourth-order valence-corrected chi connectivity index (χ4v) is 3.58. The topological polar surface area (TPSA) is 93.7 Å². The van der Waals surface area contributed by atoms with Crippen LogP contribution in [0.4, 0.5) is 5.00 Å². The van der Waals surface area contributed by atoms with Gasteiger partial charge in [-0.15, -0.1) is 11.3 Å². The number of carbonyl (C=O) groups excluding carboxylic acids is 3. The van der Waals surface area contributed by atoms with Crippen molar-refractivity contribution in [3.05, 3.63) is 16.0 Å². The second kappa shape index (κ2) is 10.2. The Morgan fingerprint density at radius 3 is 2.00 bits per heavy atom. The number of rotatable bonds is 7. The Morgan fingerprint density at radius 1 is 1.03 bits per heavy atom. The van der Waals surface area contributed by atoms with Crippen LogP contribution in [0.3, 0.4) is 0 Å². The van der Waals surface area contributed by atoms with E-state index in [1.165, 1.54) is 0 Å². The molecule has 0 aromatic carbocycles. The summed E-state index contributed by atoms with van der Waals surface area (Å²) in [5.74, 6) is -1.61. The summed E-state index contributed by atoms with van der Waals surface area (Å²) in [5.41, 5.74) is -0.259. The molecule has 0 saturated heterocycles. The number of anilines is 1. The number of thiophene rings is 1. The minimum atomic E-state index is -1.95. The van der Waals surface area contributed by atoms with Crippen molar-refractivity contribution in [3.63, 3.8) is 0 Å². The number of hydrogen-bond donors (Lipinski definition) is 2. The van der Waals surface area contributed by atoms with E-state index >= 15 is 0 Å². The zero-order valence-corrected chi connectivity index (χ0v) is 20.2. The second-order valence-corrected chi connectivity index (χ2v) is 10.4. The van der Waals surface area contributed by atoms with Crippen molar-refractivity contribution < 1.29 is 23.9 Å². The van der Waals surface area contributed by atoms with Gasteiger partial charge in [-0.1, -0.05) is 55.6 Å². The van der Waals surface area contributed by atoms with Crippen LogP contribution in [0.25, 0.3) is 0 Å². The summed E-state index contributed by atoms with van der Waals surface area (Å²) in [6.07, 6.45) is -1.18. The van der Waals surface area contributed by atoms with Gasteiger partial charge in [0.15, 0.2) is 0 Å². The minimum Gasteiger partial charge on any atom is -0.462 e. The third kappa shape index (κ3) is 6.91. The number of amides is 1. The van der Waals surface area contributed by atoms with Crippen molar-refractivity contribution in [2.24, 2.45) is 5.41 Å². The standard InChI is InChI=1S/C18H25Cl3N2O5S/c1-7-27-13(24)10-9(3)11(14(25)28-8-2)29-12(10)22-15(18(19,20)21)23-16(26)17(4,5)6/h15,22H,7-8H2,1-6H3,(H,23,26)/t15-/m0/s1. The molecule has 11 heteroatoms. The van der Waals surface area contributed by atoms with E-state index in [4.69, 9.17) is 44.3 Å². The molecule has 1 aromatic heterocycles. The normalized spacial score (nSPS) is 12.9. The predicted molar refractivity (Wildman–Crippen MR) is 116 cm³/mol. The van der Waals surface area contributed by atoms with Crippen LogP contribution in [0, 0.1) is 12.3 Å². The summed E-state index contributed by atoms with van der Waals surface area (Å²) in [5, 5.41) is 5.71. The van der Waals surface area contributed by atoms with Crippen LogP contribution in [-0.2, 0) is 14.3 Å². The number of nitrogens with one attached hydrogen (secondary N) is 2. The lowest BCUT2D eigenvalue weighted by atomic mass is 9.95. The molecule has 164 valence electrons. The van der Waals surface area contributed by atoms with Gasteiger partial charge in [0.25, 0.3) is 0 Å². The van der Waals surface area contributed by atoms with E-state index in [0.717, 1.165) is 11.3 Å². The fourth-order valence-electron chi connectivity index (χ4n) is 2.13. The maximum Gasteiger partial charge on any atom is 0.348 e. The van der Waals surface area contributed by atoms with Gasteiger partial charge in [0.2, 0.25) is 9.70 Å². The van der Waals surface area contributed by atoms with E-state index < -0.39 is 27.3 Å². The molecule has 0 saturated carbocycles. The maximum atomic E-state index is 12.5. The van der Waals surface area contributed by atoms with E-state index in [1.54, 1.807) is 41.5 Å². The lowest BCUT2D eigenvalue weighted by molar-refractivity contribution is -0.129. The van der Waals surface area contributed by atoms with Gasteiger partial charge in [0.05, 0.1) is 18.8 Å². The smallest absolute Gasteiger partial charge is 0.348 e. The molecule has 1 aromatic rings. The van der Waals surface area contributed by atoms with E-state index in [2.05, 4.69) is 10.6 Å². The summed E-state index contributed by atoms with van der Waals surface area (Å²) in [4.78, 5) is 37.4. The van der Waals surface area contributed by atoms with Crippen LogP contribution in [0.2, 0.25) is 0 Å². The van der Waals surface area contributed by atoms with Crippen molar-refractivity contribution in [2.75, 3.05) is 18.5 Å². The Bertz CT molecular complexity index is 769. The van der Waals surface area contributed by atoms with Gasteiger partial charge < -0.3 is 20.1 Å². The third-order valence-corrected chi connectivity index (χ3v) is 5.50. The number of esters is 2. The number of ether oxygens (including phenoxy) is 2. The Hall–Kier alpha value is -1.22. The number of alkyl halides is 3. The summed E-state index contributed by atoms with van der Waals surface area (Å²) in [6, 6.07) is 0. The Balaban J connectivity index is 3.40. The highest BCUT2D eigenvalue weighted by Crippen LogP contribution is 2.38. The molecule has 0 aliphatic carbocycles. The molecule has 0 spiro atoms. The highest BCUT2D eigenvalue weighted by Gasteiger charge is 2.38. The van der Waals surface area contributed by atoms with Gasteiger partial charge in [-0.25, -0.2) is 9.59 Å². The van der Waals surface area contributed by atoms with Crippen LogP contribution in [0.15, 0.2) is 0 Å². The zero-order valence-electron chi connectivity index (χ0n) is 17.1. The van der Waals surface area contributed by atoms with E-state index in [1.807, 2.05) is 0 Å². The average Bonchev–Trinajstić information content (AvgIpc) is 2.89. The molecule has 0 unspecified atom stereocenters. The van der Waals surface area contributed by atoms with Crippen LogP contribution in [0.1, 0.15) is 60.2 Å². The van der Waals surface area contributed by atoms with Crippen molar-refractivity contribution in [1.29, 1.82) is 0 Å². The summed E-state index contributed by atoms with van der Waals surface area (Å²) in [6.45, 7) is 10.4. The molecule has 0 aliphatic heterocycles. The molecule has 1 atom stereocenters. The Labute approximate surface area is 189 Å². The molecule has 29 heavy (non-hydrogen) atoms. The Morgan fingerprint density at radius 2 is 1.55 bits per heavy atom. The maximum absolute atomic E-state index is 12.5. The van der Waals surface area contributed by atoms with Gasteiger partial charge >= 0.3 is 11.9 Å². The SMILES string of the molecule is CCOC(=O)c1sc(N[C@@H](NC(=O)C(C)(C)C)C(Cl)(Cl)Cl)c(C(=O)OCC)c1C. The highest BCUT2D eigenvalue weighted by molar-refractivity contribution is 7.18. The second-order valence-electron chi connectivity index (χ2n) is 7.04. The molecular formula is C18H25Cl3N2O5S. The van der Waals surface area contributed by atoms with Crippen molar-refractivity contribution in [3.8, 4) is 0 Å². The van der Waals surface area contributed by atoms with E-state index in [0.29, 0.717) is 5.56 Å². The van der Waals surface area contributed by atoms with Gasteiger partial charge in [-0.3, -0.25) is 4.79 Å². The molecule has 2 N–H and O–H groups in total. The van der Waals surface area contributed by atoms with Gasteiger partial charge in [-0.2, -0.15) is 0 Å².